The first-order valence-corrected chi connectivity index (χ1v) is 5.97. The number of carbonyl (C=O) groups excluding carboxylic acids is 1. The zero-order valence-corrected chi connectivity index (χ0v) is 11.2. The number of methoxy groups -OCH3 is 2. The Morgan fingerprint density at radius 3 is 2.55 bits per heavy atom. The molecule has 106 valence electrons. The summed E-state index contributed by atoms with van der Waals surface area (Å²) in [6, 6.07) is 5.17. The van der Waals surface area contributed by atoms with Gasteiger partial charge in [-0.3, -0.25) is 4.79 Å². The van der Waals surface area contributed by atoms with Gasteiger partial charge in [-0.15, -0.1) is 10.2 Å². The molecule has 20 heavy (non-hydrogen) atoms. The quantitative estimate of drug-likeness (QED) is 0.781. The second kappa shape index (κ2) is 6.50. The number of aromatic amines is 1. The van der Waals surface area contributed by atoms with E-state index < -0.39 is 0 Å². The number of rotatable bonds is 6. The van der Waals surface area contributed by atoms with E-state index in [4.69, 9.17) is 9.47 Å². The van der Waals surface area contributed by atoms with Crippen molar-refractivity contribution in [3.05, 3.63) is 29.6 Å². The third-order valence-electron chi connectivity index (χ3n) is 2.68. The van der Waals surface area contributed by atoms with E-state index in [-0.39, 0.29) is 5.91 Å². The van der Waals surface area contributed by atoms with E-state index in [1.165, 1.54) is 14.2 Å². The number of tetrazole rings is 1. The summed E-state index contributed by atoms with van der Waals surface area (Å²) in [6.45, 7) is 0.388. The van der Waals surface area contributed by atoms with Gasteiger partial charge in [0.1, 0.15) is 17.1 Å². The van der Waals surface area contributed by atoms with Crippen LogP contribution in [0.3, 0.4) is 0 Å². The molecule has 1 aromatic heterocycles. The highest BCUT2D eigenvalue weighted by Gasteiger charge is 2.17. The van der Waals surface area contributed by atoms with Crippen molar-refractivity contribution in [2.24, 2.45) is 0 Å². The molecule has 2 aromatic rings. The fourth-order valence-corrected chi connectivity index (χ4v) is 1.74. The van der Waals surface area contributed by atoms with Crippen molar-refractivity contribution in [2.75, 3.05) is 20.8 Å². The minimum atomic E-state index is -0.275. The number of hydrogen-bond acceptors (Lipinski definition) is 6. The molecule has 0 fully saturated rings. The van der Waals surface area contributed by atoms with E-state index in [0.29, 0.717) is 35.9 Å². The van der Waals surface area contributed by atoms with Crippen molar-refractivity contribution in [1.82, 2.24) is 25.9 Å². The minimum Gasteiger partial charge on any atom is -0.496 e. The minimum absolute atomic E-state index is 0.275. The molecule has 0 atom stereocenters. The van der Waals surface area contributed by atoms with E-state index in [1.54, 1.807) is 18.2 Å². The Kier molecular flexibility index (Phi) is 4.48. The lowest BCUT2D eigenvalue weighted by atomic mass is 10.1. The van der Waals surface area contributed by atoms with Gasteiger partial charge in [-0.2, -0.15) is 5.21 Å². The van der Waals surface area contributed by atoms with Crippen LogP contribution in [-0.2, 0) is 6.42 Å². The number of nitrogens with zero attached hydrogens (tertiary/aromatic N) is 3. The first-order chi connectivity index (χ1) is 9.76. The normalized spacial score (nSPS) is 10.1. The molecular formula is C12H15N5O3. The Bertz CT molecular complexity index is 548. The van der Waals surface area contributed by atoms with E-state index >= 15 is 0 Å². The first-order valence-electron chi connectivity index (χ1n) is 5.97. The summed E-state index contributed by atoms with van der Waals surface area (Å²) in [5, 5.41) is 16.2. The van der Waals surface area contributed by atoms with E-state index in [9.17, 15) is 4.79 Å². The lowest BCUT2D eigenvalue weighted by Crippen LogP contribution is -2.26. The van der Waals surface area contributed by atoms with Crippen molar-refractivity contribution in [3.8, 4) is 11.5 Å². The maximum atomic E-state index is 12.2. The molecule has 0 aliphatic carbocycles. The monoisotopic (exact) mass is 277 g/mol. The van der Waals surface area contributed by atoms with Gasteiger partial charge >= 0.3 is 0 Å². The second-order valence-corrected chi connectivity index (χ2v) is 3.87. The number of amides is 1. The zero-order chi connectivity index (χ0) is 14.4. The van der Waals surface area contributed by atoms with Crippen LogP contribution in [0, 0.1) is 0 Å². The van der Waals surface area contributed by atoms with Gasteiger partial charge in [0.15, 0.2) is 5.82 Å². The maximum absolute atomic E-state index is 12.2. The van der Waals surface area contributed by atoms with Crippen LogP contribution in [0.2, 0.25) is 0 Å². The number of hydrogen-bond donors (Lipinski definition) is 2. The van der Waals surface area contributed by atoms with Crippen LogP contribution in [-0.4, -0.2) is 47.3 Å². The number of H-pyrrole nitrogens is 1. The largest absolute Gasteiger partial charge is 0.496 e. The molecule has 2 N–H and O–H groups in total. The molecule has 1 aromatic carbocycles. The number of nitrogens with one attached hydrogen (secondary N) is 2. The van der Waals surface area contributed by atoms with Gasteiger partial charge in [-0.25, -0.2) is 0 Å². The van der Waals surface area contributed by atoms with Crippen molar-refractivity contribution in [3.63, 3.8) is 0 Å². The smallest absolute Gasteiger partial charge is 0.258 e. The van der Waals surface area contributed by atoms with Gasteiger partial charge in [0.25, 0.3) is 5.91 Å². The van der Waals surface area contributed by atoms with Crippen LogP contribution in [0.5, 0.6) is 11.5 Å². The molecule has 0 spiro atoms. The lowest BCUT2D eigenvalue weighted by molar-refractivity contribution is 0.0947. The molecule has 0 radical (unpaired) electrons. The van der Waals surface area contributed by atoms with Crippen LogP contribution >= 0.6 is 0 Å². The fourth-order valence-electron chi connectivity index (χ4n) is 1.74. The molecule has 0 aliphatic heterocycles. The molecule has 2 rings (SSSR count). The average molecular weight is 277 g/mol. The average Bonchev–Trinajstić information content (AvgIpc) is 2.99. The Labute approximate surface area is 115 Å². The molecule has 0 bridgehead atoms. The Morgan fingerprint density at radius 2 is 2.00 bits per heavy atom. The summed E-state index contributed by atoms with van der Waals surface area (Å²) in [5.74, 6) is 1.18. The summed E-state index contributed by atoms with van der Waals surface area (Å²) in [4.78, 5) is 12.2. The van der Waals surface area contributed by atoms with Crippen LogP contribution in [0.15, 0.2) is 18.2 Å². The zero-order valence-electron chi connectivity index (χ0n) is 11.2. The van der Waals surface area contributed by atoms with Crippen LogP contribution < -0.4 is 14.8 Å². The summed E-state index contributed by atoms with van der Waals surface area (Å²) in [5.41, 5.74) is 0.366. The van der Waals surface area contributed by atoms with Gasteiger partial charge in [0.2, 0.25) is 0 Å². The molecule has 8 nitrogen and oxygen atoms in total. The number of benzene rings is 1. The summed E-state index contributed by atoms with van der Waals surface area (Å²) < 4.78 is 10.4. The summed E-state index contributed by atoms with van der Waals surface area (Å²) in [6.07, 6.45) is 0.486. The highest BCUT2D eigenvalue weighted by molar-refractivity contribution is 5.99. The Balaban J connectivity index is 2.04. The van der Waals surface area contributed by atoms with Crippen LogP contribution in [0.1, 0.15) is 16.2 Å². The second-order valence-electron chi connectivity index (χ2n) is 3.87. The fraction of sp³-hybridized carbons (Fsp3) is 0.333. The molecule has 0 saturated heterocycles. The molecule has 0 aliphatic rings. The maximum Gasteiger partial charge on any atom is 0.258 e. The number of carbonyl (C=O) groups is 1. The van der Waals surface area contributed by atoms with Gasteiger partial charge < -0.3 is 14.8 Å². The number of aromatic nitrogens is 4. The SMILES string of the molecule is COc1cccc(OC)c1C(=O)NCCc1nn[nH]n1. The molecule has 1 amide bonds. The van der Waals surface area contributed by atoms with Gasteiger partial charge in [-0.1, -0.05) is 11.3 Å². The molecule has 0 unspecified atom stereocenters. The highest BCUT2D eigenvalue weighted by atomic mass is 16.5. The van der Waals surface area contributed by atoms with Crippen molar-refractivity contribution in [2.45, 2.75) is 6.42 Å². The third kappa shape index (κ3) is 3.02. The van der Waals surface area contributed by atoms with Crippen LogP contribution in [0.4, 0.5) is 0 Å². The Hall–Kier alpha value is -2.64. The van der Waals surface area contributed by atoms with Gasteiger partial charge in [0, 0.05) is 13.0 Å². The van der Waals surface area contributed by atoms with E-state index in [0.717, 1.165) is 0 Å². The number of ether oxygens (including phenoxy) is 2. The van der Waals surface area contributed by atoms with Gasteiger partial charge in [0.05, 0.1) is 14.2 Å². The topological polar surface area (TPSA) is 102 Å². The first kappa shape index (κ1) is 13.8. The van der Waals surface area contributed by atoms with E-state index in [2.05, 4.69) is 25.9 Å². The third-order valence-corrected chi connectivity index (χ3v) is 2.68. The van der Waals surface area contributed by atoms with Gasteiger partial charge in [-0.05, 0) is 12.1 Å². The Morgan fingerprint density at radius 1 is 1.30 bits per heavy atom. The predicted octanol–water partition coefficient (Wildman–Crippen LogP) is 0.189. The standard InChI is InChI=1S/C12H15N5O3/c1-19-8-4-3-5-9(20-2)11(8)12(18)13-7-6-10-14-16-17-15-10/h3-5H,6-7H2,1-2H3,(H,13,18)(H,14,15,16,17). The van der Waals surface area contributed by atoms with Crippen molar-refractivity contribution >= 4 is 5.91 Å². The molecule has 8 heteroatoms. The summed E-state index contributed by atoms with van der Waals surface area (Å²) in [7, 11) is 3.01. The molecular weight excluding hydrogens is 262 g/mol. The lowest BCUT2D eigenvalue weighted by Gasteiger charge is -2.12. The van der Waals surface area contributed by atoms with Crippen molar-refractivity contribution < 1.29 is 14.3 Å². The van der Waals surface area contributed by atoms with Crippen molar-refractivity contribution in [1.29, 1.82) is 0 Å². The molecule has 0 saturated carbocycles. The summed E-state index contributed by atoms with van der Waals surface area (Å²) >= 11 is 0. The highest BCUT2D eigenvalue weighted by Crippen LogP contribution is 2.27. The predicted molar refractivity (Wildman–Crippen MR) is 69.8 cm³/mol. The molecule has 1 heterocycles. The van der Waals surface area contributed by atoms with E-state index in [1.807, 2.05) is 0 Å². The van der Waals surface area contributed by atoms with Crippen LogP contribution in [0.25, 0.3) is 0 Å².